The van der Waals surface area contributed by atoms with Crippen molar-refractivity contribution in [3.63, 3.8) is 0 Å². The van der Waals surface area contributed by atoms with Crippen LogP contribution in [-0.2, 0) is 4.79 Å². The Kier molecular flexibility index (Phi) is 7.36. The Morgan fingerprint density at radius 2 is 1.76 bits per heavy atom. The summed E-state index contributed by atoms with van der Waals surface area (Å²) in [5.74, 6) is 0.532. The number of anilines is 1. The van der Waals surface area contributed by atoms with E-state index in [-0.39, 0.29) is 11.8 Å². The Hall–Kier alpha value is -2.73. The number of rotatable bonds is 6. The van der Waals surface area contributed by atoms with Crippen LogP contribution in [0.4, 0.5) is 5.69 Å². The molecule has 3 rings (SSSR count). The maximum atomic E-state index is 12.6. The summed E-state index contributed by atoms with van der Waals surface area (Å²) in [5, 5.41) is 2.99. The van der Waals surface area contributed by atoms with E-state index in [1.807, 2.05) is 17.0 Å². The quantitative estimate of drug-likeness (QED) is 0.816. The molecule has 1 fully saturated rings. The van der Waals surface area contributed by atoms with Crippen molar-refractivity contribution in [3.05, 3.63) is 59.9 Å². The molecule has 0 radical (unpaired) electrons. The maximum absolute atomic E-state index is 12.6. The van der Waals surface area contributed by atoms with Crippen molar-refractivity contribution in [1.82, 2.24) is 14.8 Å². The molecule has 6 heteroatoms. The van der Waals surface area contributed by atoms with Gasteiger partial charge in [-0.25, -0.2) is 0 Å². The van der Waals surface area contributed by atoms with Crippen LogP contribution in [0.3, 0.4) is 0 Å². The van der Waals surface area contributed by atoms with Crippen LogP contribution in [0.15, 0.2) is 48.8 Å². The SMILES string of the molecule is CCC(C)c1ccc(NC(=O)CN2CCCN(C(=O)c3ccncc3)CC2)cc1. The van der Waals surface area contributed by atoms with Crippen molar-refractivity contribution in [1.29, 1.82) is 0 Å². The molecule has 0 spiro atoms. The second-order valence-corrected chi connectivity index (χ2v) is 7.64. The minimum Gasteiger partial charge on any atom is -0.337 e. The molecule has 1 aromatic heterocycles. The summed E-state index contributed by atoms with van der Waals surface area (Å²) in [5.41, 5.74) is 2.77. The van der Waals surface area contributed by atoms with Crippen molar-refractivity contribution >= 4 is 17.5 Å². The highest BCUT2D eigenvalue weighted by Gasteiger charge is 2.21. The van der Waals surface area contributed by atoms with Gasteiger partial charge >= 0.3 is 0 Å². The molecule has 1 saturated heterocycles. The number of aromatic nitrogens is 1. The first-order chi connectivity index (χ1) is 14.1. The van der Waals surface area contributed by atoms with Crippen LogP contribution >= 0.6 is 0 Å². The first kappa shape index (κ1) is 21.0. The Labute approximate surface area is 172 Å². The molecule has 0 aliphatic carbocycles. The average Bonchev–Trinajstić information content (AvgIpc) is 2.99. The molecule has 1 unspecified atom stereocenters. The lowest BCUT2D eigenvalue weighted by Gasteiger charge is -2.21. The Bertz CT molecular complexity index is 807. The summed E-state index contributed by atoms with van der Waals surface area (Å²) >= 11 is 0. The first-order valence-corrected chi connectivity index (χ1v) is 10.4. The summed E-state index contributed by atoms with van der Waals surface area (Å²) in [7, 11) is 0. The average molecular weight is 395 g/mol. The minimum absolute atomic E-state index is 0.0183. The van der Waals surface area contributed by atoms with Crippen LogP contribution in [0.25, 0.3) is 0 Å². The van der Waals surface area contributed by atoms with Gasteiger partial charge in [0.1, 0.15) is 0 Å². The molecule has 29 heavy (non-hydrogen) atoms. The number of pyridine rings is 1. The summed E-state index contributed by atoms with van der Waals surface area (Å²) in [6.07, 6.45) is 5.23. The number of nitrogens with zero attached hydrogens (tertiary/aromatic N) is 3. The van der Waals surface area contributed by atoms with Gasteiger partial charge in [-0.1, -0.05) is 26.0 Å². The topological polar surface area (TPSA) is 65.5 Å². The van der Waals surface area contributed by atoms with E-state index in [1.165, 1.54) is 5.56 Å². The monoisotopic (exact) mass is 394 g/mol. The van der Waals surface area contributed by atoms with Gasteiger partial charge in [0.15, 0.2) is 0 Å². The van der Waals surface area contributed by atoms with Gasteiger partial charge in [-0.3, -0.25) is 19.5 Å². The number of nitrogens with one attached hydrogen (secondary N) is 1. The molecule has 154 valence electrons. The summed E-state index contributed by atoms with van der Waals surface area (Å²) in [4.78, 5) is 33.0. The molecule has 2 aromatic rings. The predicted molar refractivity (Wildman–Crippen MR) is 115 cm³/mol. The summed E-state index contributed by atoms with van der Waals surface area (Å²) < 4.78 is 0. The fraction of sp³-hybridized carbons (Fsp3) is 0.435. The molecule has 0 bridgehead atoms. The smallest absolute Gasteiger partial charge is 0.254 e. The third kappa shape index (κ3) is 5.87. The van der Waals surface area contributed by atoms with Gasteiger partial charge in [0, 0.05) is 49.8 Å². The molecule has 1 atom stereocenters. The highest BCUT2D eigenvalue weighted by atomic mass is 16.2. The fourth-order valence-electron chi connectivity index (χ4n) is 3.54. The van der Waals surface area contributed by atoms with E-state index >= 15 is 0 Å². The molecule has 2 heterocycles. The number of carbonyl (C=O) groups excluding carboxylic acids is 2. The van der Waals surface area contributed by atoms with Crippen LogP contribution < -0.4 is 5.32 Å². The zero-order valence-corrected chi connectivity index (χ0v) is 17.3. The molecule has 2 amide bonds. The minimum atomic E-state index is -0.0183. The van der Waals surface area contributed by atoms with E-state index in [1.54, 1.807) is 24.5 Å². The van der Waals surface area contributed by atoms with Gasteiger partial charge in [0.2, 0.25) is 5.91 Å². The van der Waals surface area contributed by atoms with Crippen molar-refractivity contribution < 1.29 is 9.59 Å². The number of benzene rings is 1. The van der Waals surface area contributed by atoms with E-state index in [0.717, 1.165) is 25.1 Å². The van der Waals surface area contributed by atoms with Gasteiger partial charge in [-0.15, -0.1) is 0 Å². The number of hydrogen-bond acceptors (Lipinski definition) is 4. The van der Waals surface area contributed by atoms with E-state index in [9.17, 15) is 9.59 Å². The number of carbonyl (C=O) groups is 2. The molecule has 0 saturated carbocycles. The number of amides is 2. The van der Waals surface area contributed by atoms with Crippen LogP contribution in [0.5, 0.6) is 0 Å². The maximum Gasteiger partial charge on any atom is 0.254 e. The highest BCUT2D eigenvalue weighted by Crippen LogP contribution is 2.20. The fourth-order valence-corrected chi connectivity index (χ4v) is 3.54. The first-order valence-electron chi connectivity index (χ1n) is 10.4. The van der Waals surface area contributed by atoms with Gasteiger partial charge in [-0.2, -0.15) is 0 Å². The van der Waals surface area contributed by atoms with E-state index < -0.39 is 0 Å². The van der Waals surface area contributed by atoms with Crippen LogP contribution in [-0.4, -0.2) is 59.3 Å². The van der Waals surface area contributed by atoms with Crippen molar-refractivity contribution in [3.8, 4) is 0 Å². The molecular formula is C23H30N4O2. The van der Waals surface area contributed by atoms with Gasteiger partial charge in [0.25, 0.3) is 5.91 Å². The van der Waals surface area contributed by atoms with Gasteiger partial charge in [-0.05, 0) is 48.6 Å². The molecule has 1 aliphatic heterocycles. The molecule has 1 aromatic carbocycles. The Balaban J connectivity index is 1.49. The molecule has 6 nitrogen and oxygen atoms in total. The van der Waals surface area contributed by atoms with Crippen molar-refractivity contribution in [2.45, 2.75) is 32.6 Å². The van der Waals surface area contributed by atoms with Crippen LogP contribution in [0.1, 0.15) is 48.5 Å². The van der Waals surface area contributed by atoms with Crippen LogP contribution in [0, 0.1) is 0 Å². The Morgan fingerprint density at radius 1 is 1.03 bits per heavy atom. The van der Waals surface area contributed by atoms with Gasteiger partial charge < -0.3 is 10.2 Å². The summed E-state index contributed by atoms with van der Waals surface area (Å²) in [6.45, 7) is 7.54. The van der Waals surface area contributed by atoms with E-state index in [4.69, 9.17) is 0 Å². The third-order valence-corrected chi connectivity index (χ3v) is 5.55. The van der Waals surface area contributed by atoms with Crippen molar-refractivity contribution in [2.75, 3.05) is 38.0 Å². The predicted octanol–water partition coefficient (Wildman–Crippen LogP) is 3.38. The molecule has 1 aliphatic rings. The zero-order valence-electron chi connectivity index (χ0n) is 17.3. The van der Waals surface area contributed by atoms with E-state index in [2.05, 4.69) is 41.2 Å². The number of hydrogen-bond donors (Lipinski definition) is 1. The standard InChI is InChI=1S/C23H30N4O2/c1-3-18(2)19-5-7-21(8-6-19)25-22(28)17-26-13-4-14-27(16-15-26)23(29)20-9-11-24-12-10-20/h5-12,18H,3-4,13-17H2,1-2H3,(H,25,28). The Morgan fingerprint density at radius 3 is 2.45 bits per heavy atom. The van der Waals surface area contributed by atoms with Gasteiger partial charge in [0.05, 0.1) is 6.54 Å². The molecule has 1 N–H and O–H groups in total. The normalized spacial score (nSPS) is 16.1. The lowest BCUT2D eigenvalue weighted by molar-refractivity contribution is -0.117. The van der Waals surface area contributed by atoms with Crippen LogP contribution in [0.2, 0.25) is 0 Å². The highest BCUT2D eigenvalue weighted by molar-refractivity contribution is 5.94. The second kappa shape index (κ2) is 10.2. The lowest BCUT2D eigenvalue weighted by Crippen LogP contribution is -2.38. The zero-order chi connectivity index (χ0) is 20.6. The lowest BCUT2D eigenvalue weighted by atomic mass is 9.99. The van der Waals surface area contributed by atoms with E-state index in [0.29, 0.717) is 37.7 Å². The van der Waals surface area contributed by atoms with Crippen molar-refractivity contribution in [2.24, 2.45) is 0 Å². The largest absolute Gasteiger partial charge is 0.337 e. The second-order valence-electron chi connectivity index (χ2n) is 7.64. The summed E-state index contributed by atoms with van der Waals surface area (Å²) in [6, 6.07) is 11.6. The molecular weight excluding hydrogens is 364 g/mol. The third-order valence-electron chi connectivity index (χ3n) is 5.55.